The number of likely N-dealkylation sites (tertiary alicyclic amines) is 1. The van der Waals surface area contributed by atoms with E-state index >= 15 is 0 Å². The van der Waals surface area contributed by atoms with Crippen LogP contribution in [0.3, 0.4) is 0 Å². The topological polar surface area (TPSA) is 62.7 Å². The largest absolute Gasteiger partial charge is 0.370 e. The van der Waals surface area contributed by atoms with Gasteiger partial charge in [-0.1, -0.05) is 0 Å². The van der Waals surface area contributed by atoms with Crippen LogP contribution in [-0.2, 0) is 7.05 Å². The monoisotopic (exact) mass is 406 g/mol. The van der Waals surface area contributed by atoms with Crippen LogP contribution >= 0.6 is 24.0 Å². The van der Waals surface area contributed by atoms with E-state index in [-0.39, 0.29) is 24.0 Å². The summed E-state index contributed by atoms with van der Waals surface area (Å²) in [5.41, 5.74) is 7.17. The van der Waals surface area contributed by atoms with Gasteiger partial charge in [-0.05, 0) is 38.4 Å². The molecule has 120 valence electrons. The number of aromatic nitrogens is 2. The molecule has 1 aromatic rings. The van der Waals surface area contributed by atoms with Gasteiger partial charge in [0, 0.05) is 33.9 Å². The van der Waals surface area contributed by atoms with Gasteiger partial charge in [-0.25, -0.2) is 0 Å². The highest BCUT2D eigenvalue weighted by molar-refractivity contribution is 14.0. The summed E-state index contributed by atoms with van der Waals surface area (Å²) in [4.78, 5) is 8.80. The minimum absolute atomic E-state index is 0. The molecule has 1 aromatic heterocycles. The van der Waals surface area contributed by atoms with Crippen molar-refractivity contribution in [2.75, 3.05) is 34.2 Å². The summed E-state index contributed by atoms with van der Waals surface area (Å²) in [5.74, 6) is 1.09. The average Bonchev–Trinajstić information content (AvgIpc) is 2.82. The maximum absolute atomic E-state index is 5.91. The number of halogens is 1. The molecule has 1 fully saturated rings. The van der Waals surface area contributed by atoms with E-state index in [2.05, 4.69) is 28.1 Å². The summed E-state index contributed by atoms with van der Waals surface area (Å²) in [6, 6.07) is 2.48. The molecule has 0 aliphatic carbocycles. The molecule has 1 saturated heterocycles. The lowest BCUT2D eigenvalue weighted by atomic mass is 9.87. The van der Waals surface area contributed by atoms with Crippen LogP contribution in [0.15, 0.2) is 17.3 Å². The zero-order chi connectivity index (χ0) is 14.7. The molecule has 2 N–H and O–H groups in total. The first kappa shape index (κ1) is 18.2. The summed E-state index contributed by atoms with van der Waals surface area (Å²) < 4.78 is 1.97. The first-order valence-corrected chi connectivity index (χ1v) is 7.16. The van der Waals surface area contributed by atoms with Crippen LogP contribution < -0.4 is 5.73 Å². The van der Waals surface area contributed by atoms with E-state index in [0.717, 1.165) is 13.1 Å². The molecule has 7 heteroatoms. The zero-order valence-electron chi connectivity index (χ0n) is 13.4. The Hall–Kier alpha value is -0.830. The smallest absolute Gasteiger partial charge is 0.190 e. The fourth-order valence-corrected chi connectivity index (χ4v) is 2.94. The predicted molar refractivity (Wildman–Crippen MR) is 96.9 cm³/mol. The summed E-state index contributed by atoms with van der Waals surface area (Å²) in [6.45, 7) is 1.89. The van der Waals surface area contributed by atoms with E-state index in [1.54, 1.807) is 0 Å². The molecule has 0 aromatic carbocycles. The Morgan fingerprint density at radius 2 is 2.19 bits per heavy atom. The summed E-state index contributed by atoms with van der Waals surface area (Å²) in [5, 5.41) is 4.31. The summed E-state index contributed by atoms with van der Waals surface area (Å²) in [6.07, 6.45) is 4.27. The predicted octanol–water partition coefficient (Wildman–Crippen LogP) is 1.30. The van der Waals surface area contributed by atoms with Crippen LogP contribution in [0.5, 0.6) is 0 Å². The van der Waals surface area contributed by atoms with E-state index in [9.17, 15) is 0 Å². The quantitative estimate of drug-likeness (QED) is 0.467. The van der Waals surface area contributed by atoms with Gasteiger partial charge in [-0.3, -0.25) is 14.6 Å². The molecule has 0 unspecified atom stereocenters. The van der Waals surface area contributed by atoms with Crippen LogP contribution in [0.25, 0.3) is 0 Å². The molecule has 0 amide bonds. The van der Waals surface area contributed by atoms with Crippen molar-refractivity contribution in [3.05, 3.63) is 18.0 Å². The Morgan fingerprint density at radius 1 is 1.48 bits per heavy atom. The second kappa shape index (κ2) is 7.98. The van der Waals surface area contributed by atoms with Crippen molar-refractivity contribution in [2.45, 2.75) is 18.9 Å². The Labute approximate surface area is 144 Å². The third kappa shape index (κ3) is 4.32. The Morgan fingerprint density at radius 3 is 2.76 bits per heavy atom. The fraction of sp³-hybridized carbons (Fsp3) is 0.714. The van der Waals surface area contributed by atoms with Gasteiger partial charge < -0.3 is 10.6 Å². The first-order chi connectivity index (χ1) is 9.50. The Kier molecular flexibility index (Phi) is 6.92. The van der Waals surface area contributed by atoms with Crippen molar-refractivity contribution in [2.24, 2.45) is 23.7 Å². The van der Waals surface area contributed by atoms with Crippen molar-refractivity contribution in [1.82, 2.24) is 19.6 Å². The molecule has 6 nitrogen and oxygen atoms in total. The normalized spacial score (nSPS) is 23.7. The molecule has 0 saturated carbocycles. The van der Waals surface area contributed by atoms with Gasteiger partial charge >= 0.3 is 0 Å². The molecular formula is C14H27IN6. The number of aryl methyl sites for hydroxylation is 1. The Balaban J connectivity index is 0.00000220. The third-order valence-electron chi connectivity index (χ3n) is 4.11. The van der Waals surface area contributed by atoms with Gasteiger partial charge in [0.25, 0.3) is 0 Å². The standard InChI is InChI=1S/C14H26N6.HI/c1-18(2)14(15)16-10-11-6-5-9-19(3)13(11)12-7-8-17-20(12)4;/h7-8,11,13H,5-6,9-10H2,1-4H3,(H2,15,16);1H/t11-,13+;/m0./s1. The molecule has 0 radical (unpaired) electrons. The molecule has 1 aliphatic heterocycles. The lowest BCUT2D eigenvalue weighted by molar-refractivity contribution is 0.119. The van der Waals surface area contributed by atoms with Crippen molar-refractivity contribution in [3.8, 4) is 0 Å². The van der Waals surface area contributed by atoms with Crippen LogP contribution in [0.4, 0.5) is 0 Å². The number of nitrogens with zero attached hydrogens (tertiary/aromatic N) is 5. The van der Waals surface area contributed by atoms with Crippen molar-refractivity contribution >= 4 is 29.9 Å². The lowest BCUT2D eigenvalue weighted by Gasteiger charge is -2.38. The molecule has 1 aliphatic rings. The Bertz CT molecular complexity index is 470. The second-order valence-corrected chi connectivity index (χ2v) is 5.80. The van der Waals surface area contributed by atoms with Gasteiger partial charge in [0.1, 0.15) is 0 Å². The van der Waals surface area contributed by atoms with Crippen molar-refractivity contribution in [3.63, 3.8) is 0 Å². The lowest BCUT2D eigenvalue weighted by Crippen LogP contribution is -2.39. The highest BCUT2D eigenvalue weighted by Crippen LogP contribution is 2.34. The second-order valence-electron chi connectivity index (χ2n) is 5.80. The van der Waals surface area contributed by atoms with Crippen LogP contribution in [-0.4, -0.2) is 59.8 Å². The van der Waals surface area contributed by atoms with E-state index in [4.69, 9.17) is 5.73 Å². The van der Waals surface area contributed by atoms with Gasteiger partial charge in [0.2, 0.25) is 0 Å². The molecule has 0 bridgehead atoms. The number of nitrogens with two attached hydrogens (primary N) is 1. The average molecular weight is 406 g/mol. The van der Waals surface area contributed by atoms with E-state index in [0.29, 0.717) is 17.9 Å². The zero-order valence-corrected chi connectivity index (χ0v) is 15.7. The summed E-state index contributed by atoms with van der Waals surface area (Å²) in [7, 11) is 8.03. The minimum Gasteiger partial charge on any atom is -0.370 e. The number of guanidine groups is 1. The third-order valence-corrected chi connectivity index (χ3v) is 4.11. The highest BCUT2D eigenvalue weighted by Gasteiger charge is 2.32. The van der Waals surface area contributed by atoms with Crippen LogP contribution in [0.2, 0.25) is 0 Å². The fourth-order valence-electron chi connectivity index (χ4n) is 2.94. The number of piperidine rings is 1. The van der Waals surface area contributed by atoms with Crippen LogP contribution in [0.1, 0.15) is 24.6 Å². The maximum atomic E-state index is 5.91. The highest BCUT2D eigenvalue weighted by atomic mass is 127. The molecule has 2 rings (SSSR count). The van der Waals surface area contributed by atoms with Crippen LogP contribution in [0, 0.1) is 5.92 Å². The number of aliphatic imine (C=N–C) groups is 1. The SMILES string of the molecule is CN(C)C(N)=NC[C@@H]1CCCN(C)[C@H]1c1ccnn1C.I. The van der Waals surface area contributed by atoms with E-state index < -0.39 is 0 Å². The van der Waals surface area contributed by atoms with Gasteiger partial charge in [0.15, 0.2) is 5.96 Å². The number of hydrogen-bond donors (Lipinski definition) is 1. The molecule has 21 heavy (non-hydrogen) atoms. The van der Waals surface area contributed by atoms with E-state index in [1.165, 1.54) is 18.5 Å². The van der Waals surface area contributed by atoms with Crippen molar-refractivity contribution < 1.29 is 0 Å². The summed E-state index contributed by atoms with van der Waals surface area (Å²) >= 11 is 0. The maximum Gasteiger partial charge on any atom is 0.190 e. The molecule has 2 atom stereocenters. The molecular weight excluding hydrogens is 379 g/mol. The first-order valence-electron chi connectivity index (χ1n) is 7.16. The van der Waals surface area contributed by atoms with Crippen molar-refractivity contribution in [1.29, 1.82) is 0 Å². The van der Waals surface area contributed by atoms with E-state index in [1.807, 2.05) is 36.9 Å². The van der Waals surface area contributed by atoms with Gasteiger partial charge in [0.05, 0.1) is 11.7 Å². The number of rotatable bonds is 3. The number of hydrogen-bond acceptors (Lipinski definition) is 3. The van der Waals surface area contributed by atoms with Gasteiger partial charge in [-0.2, -0.15) is 5.10 Å². The minimum atomic E-state index is 0. The van der Waals surface area contributed by atoms with Gasteiger partial charge in [-0.15, -0.1) is 24.0 Å². The molecule has 2 heterocycles. The molecule has 0 spiro atoms.